The maximum Gasteiger partial charge on any atom is 0.260 e. The second-order valence-electron chi connectivity index (χ2n) is 6.51. The molecule has 4 heteroatoms. The van der Waals surface area contributed by atoms with E-state index in [1.165, 1.54) is 32.1 Å². The minimum atomic E-state index is -0.462. The number of hydrogen-bond acceptors (Lipinski definition) is 3. The van der Waals surface area contributed by atoms with E-state index in [1.54, 1.807) is 6.92 Å². The number of thioether (sulfide) groups is 1. The van der Waals surface area contributed by atoms with Crippen LogP contribution in [-0.2, 0) is 4.79 Å². The summed E-state index contributed by atoms with van der Waals surface area (Å²) in [6.45, 7) is 6.60. The lowest BCUT2D eigenvalue weighted by molar-refractivity contribution is -0.127. The third-order valence-electron chi connectivity index (χ3n) is 4.18. The highest BCUT2D eigenvalue weighted by molar-refractivity contribution is 7.99. The van der Waals surface area contributed by atoms with E-state index < -0.39 is 6.10 Å². The van der Waals surface area contributed by atoms with Crippen molar-refractivity contribution in [2.24, 2.45) is 0 Å². The first kappa shape index (κ1) is 18.2. The van der Waals surface area contributed by atoms with Crippen LogP contribution >= 0.6 is 11.8 Å². The monoisotopic (exact) mass is 335 g/mol. The maximum absolute atomic E-state index is 12.1. The van der Waals surface area contributed by atoms with Crippen LogP contribution in [-0.4, -0.2) is 29.6 Å². The van der Waals surface area contributed by atoms with Crippen molar-refractivity contribution in [1.82, 2.24) is 5.32 Å². The zero-order valence-corrected chi connectivity index (χ0v) is 15.4. The van der Waals surface area contributed by atoms with Gasteiger partial charge in [-0.1, -0.05) is 25.3 Å². The van der Waals surface area contributed by atoms with Gasteiger partial charge in [0.2, 0.25) is 0 Å². The third kappa shape index (κ3) is 6.46. The van der Waals surface area contributed by atoms with Gasteiger partial charge in [-0.15, -0.1) is 0 Å². The van der Waals surface area contributed by atoms with Crippen LogP contribution in [0.1, 0.15) is 50.2 Å². The largest absolute Gasteiger partial charge is 0.481 e. The normalized spacial score (nSPS) is 16.8. The van der Waals surface area contributed by atoms with Crippen LogP contribution < -0.4 is 10.1 Å². The molecule has 1 aliphatic rings. The number of rotatable bonds is 7. The summed E-state index contributed by atoms with van der Waals surface area (Å²) in [5, 5.41) is 3.78. The molecule has 3 nitrogen and oxygen atoms in total. The van der Waals surface area contributed by atoms with Crippen LogP contribution in [0.5, 0.6) is 5.75 Å². The molecule has 0 aliphatic heterocycles. The quantitative estimate of drug-likeness (QED) is 0.757. The molecular weight excluding hydrogens is 306 g/mol. The highest BCUT2D eigenvalue weighted by atomic mass is 32.2. The number of aryl methyl sites for hydroxylation is 2. The van der Waals surface area contributed by atoms with Gasteiger partial charge in [0.1, 0.15) is 5.75 Å². The standard InChI is InChI=1S/C19H29NO2S/c1-14-11-15(2)13-17(12-14)22-16(3)19(21)20-9-10-23-18-7-5-4-6-8-18/h11-13,16,18H,4-10H2,1-3H3,(H,20,21)/t16-/m1/s1. The second-order valence-corrected chi connectivity index (χ2v) is 7.91. The molecule has 1 aromatic rings. The van der Waals surface area contributed by atoms with Gasteiger partial charge in [-0.25, -0.2) is 0 Å². The Bertz CT molecular complexity index is 492. The number of ether oxygens (including phenoxy) is 1. The Labute approximate surface area is 144 Å². The van der Waals surface area contributed by atoms with E-state index >= 15 is 0 Å². The summed E-state index contributed by atoms with van der Waals surface area (Å²) in [5.41, 5.74) is 2.30. The number of benzene rings is 1. The molecule has 0 radical (unpaired) electrons. The van der Waals surface area contributed by atoms with E-state index in [1.807, 2.05) is 37.7 Å². The summed E-state index contributed by atoms with van der Waals surface area (Å²) in [5.74, 6) is 1.72. The first-order valence-corrected chi connectivity index (χ1v) is 9.74. The van der Waals surface area contributed by atoms with Gasteiger partial charge in [0.25, 0.3) is 5.91 Å². The number of amides is 1. The Balaban J connectivity index is 1.68. The van der Waals surface area contributed by atoms with E-state index in [0.29, 0.717) is 0 Å². The predicted octanol–water partition coefficient (Wildman–Crippen LogP) is 4.25. The second kappa shape index (κ2) is 9.21. The predicted molar refractivity (Wildman–Crippen MR) is 98.3 cm³/mol. The fraction of sp³-hybridized carbons (Fsp3) is 0.632. The molecule has 128 valence electrons. The molecule has 1 fully saturated rings. The van der Waals surface area contributed by atoms with Crippen molar-refractivity contribution in [2.75, 3.05) is 12.3 Å². The summed E-state index contributed by atoms with van der Waals surface area (Å²) in [6.07, 6.45) is 6.34. The van der Waals surface area contributed by atoms with Crippen LogP contribution in [0.3, 0.4) is 0 Å². The maximum atomic E-state index is 12.1. The number of hydrogen-bond donors (Lipinski definition) is 1. The van der Waals surface area contributed by atoms with Gasteiger partial charge >= 0.3 is 0 Å². The lowest BCUT2D eigenvalue weighted by Crippen LogP contribution is -2.37. The molecule has 0 bridgehead atoms. The van der Waals surface area contributed by atoms with Gasteiger partial charge in [0, 0.05) is 17.5 Å². The summed E-state index contributed by atoms with van der Waals surface area (Å²) in [4.78, 5) is 12.1. The average Bonchev–Trinajstić information content (AvgIpc) is 2.51. The first-order chi connectivity index (χ1) is 11.0. The Morgan fingerprint density at radius 2 is 1.87 bits per heavy atom. The molecule has 0 aromatic heterocycles. The zero-order valence-electron chi connectivity index (χ0n) is 14.6. The highest BCUT2D eigenvalue weighted by Gasteiger charge is 2.16. The zero-order chi connectivity index (χ0) is 16.7. The molecule has 1 aromatic carbocycles. The molecule has 1 amide bonds. The minimum Gasteiger partial charge on any atom is -0.481 e. The van der Waals surface area contributed by atoms with Gasteiger partial charge in [0.05, 0.1) is 0 Å². The Kier molecular flexibility index (Phi) is 7.28. The Morgan fingerprint density at radius 3 is 2.52 bits per heavy atom. The third-order valence-corrected chi connectivity index (χ3v) is 5.57. The van der Waals surface area contributed by atoms with Gasteiger partial charge in [-0.3, -0.25) is 4.79 Å². The topological polar surface area (TPSA) is 38.3 Å². The van der Waals surface area contributed by atoms with Gasteiger partial charge in [-0.05, 0) is 56.9 Å². The van der Waals surface area contributed by atoms with E-state index in [4.69, 9.17) is 4.74 Å². The smallest absolute Gasteiger partial charge is 0.260 e. The van der Waals surface area contributed by atoms with Crippen LogP contribution in [0.25, 0.3) is 0 Å². The molecular formula is C19H29NO2S. The van der Waals surface area contributed by atoms with Crippen LogP contribution in [0.4, 0.5) is 0 Å². The van der Waals surface area contributed by atoms with Gasteiger partial charge < -0.3 is 10.1 Å². The van der Waals surface area contributed by atoms with E-state index in [-0.39, 0.29) is 5.91 Å². The van der Waals surface area contributed by atoms with Crippen molar-refractivity contribution >= 4 is 17.7 Å². The molecule has 0 saturated heterocycles. The van der Waals surface area contributed by atoms with Crippen molar-refractivity contribution in [3.63, 3.8) is 0 Å². The summed E-state index contributed by atoms with van der Waals surface area (Å²) < 4.78 is 5.77. The summed E-state index contributed by atoms with van der Waals surface area (Å²) >= 11 is 2.00. The lowest BCUT2D eigenvalue weighted by Gasteiger charge is -2.21. The fourth-order valence-corrected chi connectivity index (χ4v) is 4.25. The van der Waals surface area contributed by atoms with Crippen LogP contribution in [0, 0.1) is 13.8 Å². The molecule has 2 rings (SSSR count). The van der Waals surface area contributed by atoms with Crippen molar-refractivity contribution in [1.29, 1.82) is 0 Å². The number of carbonyl (C=O) groups excluding carboxylic acids is 1. The Morgan fingerprint density at radius 1 is 1.22 bits per heavy atom. The van der Waals surface area contributed by atoms with Gasteiger partial charge in [0.15, 0.2) is 6.10 Å². The molecule has 0 heterocycles. The van der Waals surface area contributed by atoms with Crippen molar-refractivity contribution in [3.8, 4) is 5.75 Å². The first-order valence-electron chi connectivity index (χ1n) is 8.69. The Hall–Kier alpha value is -1.16. The summed E-state index contributed by atoms with van der Waals surface area (Å²) in [7, 11) is 0. The van der Waals surface area contributed by atoms with Crippen molar-refractivity contribution in [3.05, 3.63) is 29.3 Å². The molecule has 23 heavy (non-hydrogen) atoms. The molecule has 1 N–H and O–H groups in total. The average molecular weight is 336 g/mol. The van der Waals surface area contributed by atoms with E-state index in [2.05, 4.69) is 11.4 Å². The van der Waals surface area contributed by atoms with E-state index in [0.717, 1.165) is 34.4 Å². The van der Waals surface area contributed by atoms with Crippen molar-refractivity contribution in [2.45, 2.75) is 64.2 Å². The number of nitrogens with one attached hydrogen (secondary N) is 1. The molecule has 1 saturated carbocycles. The molecule has 1 atom stereocenters. The molecule has 1 aliphatic carbocycles. The molecule has 0 unspecified atom stereocenters. The fourth-order valence-electron chi connectivity index (χ4n) is 3.03. The lowest BCUT2D eigenvalue weighted by atomic mass is 10.0. The number of carbonyl (C=O) groups is 1. The van der Waals surface area contributed by atoms with Gasteiger partial charge in [-0.2, -0.15) is 11.8 Å². The SMILES string of the molecule is Cc1cc(C)cc(O[C@H](C)C(=O)NCCSC2CCCCC2)c1. The highest BCUT2D eigenvalue weighted by Crippen LogP contribution is 2.27. The van der Waals surface area contributed by atoms with E-state index in [9.17, 15) is 4.79 Å². The van der Waals surface area contributed by atoms with Crippen molar-refractivity contribution < 1.29 is 9.53 Å². The van der Waals surface area contributed by atoms with Crippen LogP contribution in [0.15, 0.2) is 18.2 Å². The summed E-state index contributed by atoms with van der Waals surface area (Å²) in [6, 6.07) is 6.03. The minimum absolute atomic E-state index is 0.0339. The van der Waals surface area contributed by atoms with Crippen LogP contribution in [0.2, 0.25) is 0 Å². The molecule has 0 spiro atoms.